The zero-order valence-electron chi connectivity index (χ0n) is 9.88. The normalized spacial score (nSPS) is 10.4. The summed E-state index contributed by atoms with van der Waals surface area (Å²) in [7, 11) is 0. The highest BCUT2D eigenvalue weighted by Crippen LogP contribution is 2.21. The number of hydrogen-bond donors (Lipinski definition) is 1. The summed E-state index contributed by atoms with van der Waals surface area (Å²) in [4.78, 5) is 12.0. The zero-order valence-corrected chi connectivity index (χ0v) is 10.6. The molecule has 0 atom stereocenters. The molecule has 0 spiro atoms. The molecule has 0 radical (unpaired) electrons. The number of amides is 1. The highest BCUT2D eigenvalue weighted by molar-refractivity contribution is 6.31. The van der Waals surface area contributed by atoms with Gasteiger partial charge in [-0.2, -0.15) is 0 Å². The van der Waals surface area contributed by atoms with E-state index in [2.05, 4.69) is 5.32 Å². The maximum absolute atomic E-state index is 13.0. The van der Waals surface area contributed by atoms with Crippen LogP contribution in [0.1, 0.15) is 21.7 Å². The van der Waals surface area contributed by atoms with Crippen molar-refractivity contribution in [3.63, 3.8) is 0 Å². The molecular formula is C13H11ClFNO2. The summed E-state index contributed by atoms with van der Waals surface area (Å²) in [5.41, 5.74) is 1.67. The van der Waals surface area contributed by atoms with E-state index in [9.17, 15) is 9.18 Å². The number of aryl methyl sites for hydroxylation is 2. The molecule has 0 aliphatic heterocycles. The van der Waals surface area contributed by atoms with Crippen molar-refractivity contribution in [3.05, 3.63) is 52.2 Å². The smallest absolute Gasteiger partial charge is 0.259 e. The number of furan rings is 1. The maximum Gasteiger partial charge on any atom is 0.259 e. The fraction of sp³-hybridized carbons (Fsp3) is 0.154. The van der Waals surface area contributed by atoms with Crippen LogP contribution in [-0.2, 0) is 0 Å². The van der Waals surface area contributed by atoms with Crippen LogP contribution >= 0.6 is 11.6 Å². The van der Waals surface area contributed by atoms with E-state index in [4.69, 9.17) is 16.0 Å². The molecule has 3 nitrogen and oxygen atoms in total. The molecule has 1 aromatic carbocycles. The summed E-state index contributed by atoms with van der Waals surface area (Å²) < 4.78 is 18.1. The van der Waals surface area contributed by atoms with Crippen molar-refractivity contribution in [1.29, 1.82) is 0 Å². The fourth-order valence-corrected chi connectivity index (χ4v) is 1.86. The van der Waals surface area contributed by atoms with Crippen LogP contribution in [0.2, 0.25) is 5.02 Å². The van der Waals surface area contributed by atoms with Crippen molar-refractivity contribution < 1.29 is 13.6 Å². The summed E-state index contributed by atoms with van der Waals surface area (Å²) in [6.45, 7) is 3.49. The third-order valence-electron chi connectivity index (χ3n) is 2.56. The summed E-state index contributed by atoms with van der Waals surface area (Å²) in [5.74, 6) is -0.287. The van der Waals surface area contributed by atoms with Gasteiger partial charge in [0.1, 0.15) is 11.6 Å². The Morgan fingerprint density at radius 3 is 2.67 bits per heavy atom. The first-order valence-corrected chi connectivity index (χ1v) is 5.68. The van der Waals surface area contributed by atoms with Crippen molar-refractivity contribution in [1.82, 2.24) is 0 Å². The molecule has 0 fully saturated rings. The molecule has 1 heterocycles. The van der Waals surface area contributed by atoms with Gasteiger partial charge in [0, 0.05) is 11.3 Å². The number of rotatable bonds is 2. The van der Waals surface area contributed by atoms with E-state index in [1.54, 1.807) is 13.8 Å². The zero-order chi connectivity index (χ0) is 13.3. The molecule has 2 rings (SSSR count). The first kappa shape index (κ1) is 12.6. The van der Waals surface area contributed by atoms with Gasteiger partial charge in [-0.15, -0.1) is 0 Å². The molecule has 2 aromatic rings. The van der Waals surface area contributed by atoms with E-state index in [-0.39, 0.29) is 10.9 Å². The predicted octanol–water partition coefficient (Wildman–Crippen LogP) is 3.94. The number of halogens is 2. The van der Waals surface area contributed by atoms with E-state index >= 15 is 0 Å². The number of hydrogen-bond acceptors (Lipinski definition) is 2. The molecule has 5 heteroatoms. The van der Waals surface area contributed by atoms with Crippen LogP contribution in [0, 0.1) is 19.7 Å². The monoisotopic (exact) mass is 267 g/mol. The van der Waals surface area contributed by atoms with E-state index in [0.29, 0.717) is 17.0 Å². The van der Waals surface area contributed by atoms with Gasteiger partial charge < -0.3 is 9.73 Å². The second kappa shape index (κ2) is 4.82. The van der Waals surface area contributed by atoms with Gasteiger partial charge >= 0.3 is 0 Å². The number of carbonyl (C=O) groups excluding carboxylic acids is 1. The average molecular weight is 268 g/mol. The van der Waals surface area contributed by atoms with Crippen LogP contribution in [0.3, 0.4) is 0 Å². The molecule has 94 valence electrons. The largest absolute Gasteiger partial charge is 0.469 e. The van der Waals surface area contributed by atoms with E-state index in [1.165, 1.54) is 24.5 Å². The van der Waals surface area contributed by atoms with Crippen LogP contribution in [0.15, 0.2) is 28.9 Å². The SMILES string of the molecule is Cc1coc(C)c1C(=O)Nc1ccc(F)c(Cl)c1. The quantitative estimate of drug-likeness (QED) is 0.895. The Morgan fingerprint density at radius 1 is 1.39 bits per heavy atom. The minimum Gasteiger partial charge on any atom is -0.469 e. The van der Waals surface area contributed by atoms with Crippen molar-refractivity contribution in [3.8, 4) is 0 Å². The van der Waals surface area contributed by atoms with Crippen LogP contribution in [-0.4, -0.2) is 5.91 Å². The molecule has 0 aliphatic rings. The summed E-state index contributed by atoms with van der Waals surface area (Å²) in [6, 6.07) is 4.01. The van der Waals surface area contributed by atoms with E-state index in [1.807, 2.05) is 0 Å². The summed E-state index contributed by atoms with van der Waals surface area (Å²) >= 11 is 5.64. The Labute approximate surface area is 109 Å². The number of carbonyl (C=O) groups is 1. The van der Waals surface area contributed by atoms with Gasteiger partial charge in [0.15, 0.2) is 0 Å². The van der Waals surface area contributed by atoms with E-state index in [0.717, 1.165) is 5.56 Å². The molecule has 1 amide bonds. The number of nitrogens with one attached hydrogen (secondary N) is 1. The maximum atomic E-state index is 13.0. The first-order valence-electron chi connectivity index (χ1n) is 5.30. The van der Waals surface area contributed by atoms with Crippen LogP contribution in [0.5, 0.6) is 0 Å². The second-order valence-corrected chi connectivity index (χ2v) is 4.34. The van der Waals surface area contributed by atoms with Crippen molar-refractivity contribution in [2.45, 2.75) is 13.8 Å². The molecule has 0 unspecified atom stereocenters. The second-order valence-electron chi connectivity index (χ2n) is 3.93. The third-order valence-corrected chi connectivity index (χ3v) is 2.85. The third kappa shape index (κ3) is 2.38. The lowest BCUT2D eigenvalue weighted by molar-refractivity contribution is 0.102. The van der Waals surface area contributed by atoms with Crippen LogP contribution in [0.25, 0.3) is 0 Å². The predicted molar refractivity (Wildman–Crippen MR) is 67.5 cm³/mol. The fourth-order valence-electron chi connectivity index (χ4n) is 1.68. The topological polar surface area (TPSA) is 42.2 Å². The Balaban J connectivity index is 2.24. The highest BCUT2D eigenvalue weighted by atomic mass is 35.5. The molecule has 1 N–H and O–H groups in total. The first-order chi connectivity index (χ1) is 8.49. The molecule has 0 bridgehead atoms. The number of benzene rings is 1. The Bertz CT molecular complexity index is 588. The minimum atomic E-state index is -0.523. The molecule has 0 aliphatic carbocycles. The lowest BCUT2D eigenvalue weighted by Crippen LogP contribution is -2.13. The molecule has 1 aromatic heterocycles. The molecular weight excluding hydrogens is 257 g/mol. The van der Waals surface area contributed by atoms with Crippen LogP contribution < -0.4 is 5.32 Å². The highest BCUT2D eigenvalue weighted by Gasteiger charge is 2.16. The van der Waals surface area contributed by atoms with Gasteiger partial charge in [0.25, 0.3) is 5.91 Å². The van der Waals surface area contributed by atoms with Gasteiger partial charge in [-0.3, -0.25) is 4.79 Å². The van der Waals surface area contributed by atoms with Gasteiger partial charge in [-0.25, -0.2) is 4.39 Å². The average Bonchev–Trinajstić information content (AvgIpc) is 2.64. The summed E-state index contributed by atoms with van der Waals surface area (Å²) in [6.07, 6.45) is 1.52. The van der Waals surface area contributed by atoms with E-state index < -0.39 is 5.82 Å². The van der Waals surface area contributed by atoms with Gasteiger partial charge in [0.05, 0.1) is 16.8 Å². The molecule has 18 heavy (non-hydrogen) atoms. The van der Waals surface area contributed by atoms with Crippen molar-refractivity contribution >= 4 is 23.2 Å². The van der Waals surface area contributed by atoms with Gasteiger partial charge in [-0.1, -0.05) is 11.6 Å². The van der Waals surface area contributed by atoms with Gasteiger partial charge in [0.2, 0.25) is 0 Å². The van der Waals surface area contributed by atoms with Gasteiger partial charge in [-0.05, 0) is 32.0 Å². The Morgan fingerprint density at radius 2 is 2.11 bits per heavy atom. The number of anilines is 1. The standard InChI is InChI=1S/C13H11ClFNO2/c1-7-6-18-8(2)12(7)13(17)16-9-3-4-11(15)10(14)5-9/h3-6H,1-2H3,(H,16,17). The van der Waals surface area contributed by atoms with Crippen molar-refractivity contribution in [2.24, 2.45) is 0 Å². The Kier molecular flexibility index (Phi) is 3.39. The van der Waals surface area contributed by atoms with Crippen molar-refractivity contribution in [2.75, 3.05) is 5.32 Å². The minimum absolute atomic E-state index is 0.0339. The Hall–Kier alpha value is -1.81. The molecule has 0 saturated heterocycles. The molecule has 0 saturated carbocycles. The lowest BCUT2D eigenvalue weighted by atomic mass is 10.1. The summed E-state index contributed by atoms with van der Waals surface area (Å²) in [5, 5.41) is 2.61. The lowest BCUT2D eigenvalue weighted by Gasteiger charge is -2.06. The van der Waals surface area contributed by atoms with Crippen LogP contribution in [0.4, 0.5) is 10.1 Å².